The van der Waals surface area contributed by atoms with Gasteiger partial charge >= 0.3 is 11.6 Å². The molecule has 4 rings (SSSR count). The van der Waals surface area contributed by atoms with Crippen LogP contribution in [0, 0.1) is 0 Å². The van der Waals surface area contributed by atoms with Gasteiger partial charge in [-0.25, -0.2) is 14.8 Å². The molecule has 0 bridgehead atoms. The number of benzene rings is 2. The lowest BCUT2D eigenvalue weighted by molar-refractivity contribution is 0.415. The van der Waals surface area contributed by atoms with Crippen molar-refractivity contribution in [2.45, 2.75) is 0 Å². The van der Waals surface area contributed by atoms with Gasteiger partial charge in [0.25, 0.3) is 0 Å². The standard InChI is InChI=1S/C20H14N2O4/c1-24-16-6-2-13(3-7-16)15-11-21-20(22-12-15)25-17-8-4-14-5-9-19(23)26-18(14)10-17/h2-12H,1H3. The summed E-state index contributed by atoms with van der Waals surface area (Å²) >= 11 is 0. The normalized spacial score (nSPS) is 10.7. The summed E-state index contributed by atoms with van der Waals surface area (Å²) in [4.78, 5) is 19.8. The summed E-state index contributed by atoms with van der Waals surface area (Å²) in [5.41, 5.74) is 1.88. The largest absolute Gasteiger partial charge is 0.497 e. The molecule has 6 heteroatoms. The molecule has 6 nitrogen and oxygen atoms in total. The Balaban J connectivity index is 1.56. The SMILES string of the molecule is COc1ccc(-c2cnc(Oc3ccc4ccc(=O)oc4c3)nc2)cc1. The number of rotatable bonds is 4. The molecule has 4 aromatic rings. The number of ether oxygens (including phenoxy) is 2. The monoisotopic (exact) mass is 346 g/mol. The van der Waals surface area contributed by atoms with E-state index in [1.54, 1.807) is 43.8 Å². The van der Waals surface area contributed by atoms with Crippen LogP contribution in [-0.4, -0.2) is 17.1 Å². The lowest BCUT2D eigenvalue weighted by Gasteiger charge is -2.06. The van der Waals surface area contributed by atoms with Crippen LogP contribution in [0.2, 0.25) is 0 Å². The molecule has 0 radical (unpaired) electrons. The first-order valence-corrected chi connectivity index (χ1v) is 7.89. The second-order valence-corrected chi connectivity index (χ2v) is 5.54. The molecule has 0 aliphatic rings. The predicted molar refractivity (Wildman–Crippen MR) is 96.6 cm³/mol. The summed E-state index contributed by atoms with van der Waals surface area (Å²) in [6.45, 7) is 0. The zero-order valence-electron chi connectivity index (χ0n) is 13.9. The fraction of sp³-hybridized carbons (Fsp3) is 0.0500. The van der Waals surface area contributed by atoms with Gasteiger partial charge in [-0.1, -0.05) is 12.1 Å². The maximum absolute atomic E-state index is 11.3. The minimum Gasteiger partial charge on any atom is -0.497 e. The molecule has 0 aliphatic carbocycles. The minimum absolute atomic E-state index is 0.208. The molecule has 26 heavy (non-hydrogen) atoms. The molecule has 0 amide bonds. The molecule has 0 atom stereocenters. The maximum Gasteiger partial charge on any atom is 0.336 e. The Kier molecular flexibility index (Phi) is 4.07. The third-order valence-corrected chi connectivity index (χ3v) is 3.86. The van der Waals surface area contributed by atoms with E-state index in [9.17, 15) is 4.79 Å². The molecular weight excluding hydrogens is 332 g/mol. The molecule has 2 aromatic carbocycles. The number of aromatic nitrogens is 2. The van der Waals surface area contributed by atoms with Crippen LogP contribution >= 0.6 is 0 Å². The number of nitrogens with zero attached hydrogens (tertiary/aromatic N) is 2. The van der Waals surface area contributed by atoms with E-state index in [0.717, 1.165) is 22.3 Å². The van der Waals surface area contributed by atoms with Crippen LogP contribution in [0.1, 0.15) is 0 Å². The van der Waals surface area contributed by atoms with Crippen molar-refractivity contribution >= 4 is 11.0 Å². The number of fused-ring (bicyclic) bond motifs is 1. The summed E-state index contributed by atoms with van der Waals surface area (Å²) < 4.78 is 15.9. The molecular formula is C20H14N2O4. The van der Waals surface area contributed by atoms with Crippen molar-refractivity contribution in [2.75, 3.05) is 7.11 Å². The molecule has 0 fully saturated rings. The first kappa shape index (κ1) is 15.8. The Morgan fingerprint density at radius 1 is 0.846 bits per heavy atom. The van der Waals surface area contributed by atoms with Crippen molar-refractivity contribution in [3.63, 3.8) is 0 Å². The van der Waals surface area contributed by atoms with Gasteiger partial charge in [-0.2, -0.15) is 0 Å². The van der Waals surface area contributed by atoms with Gasteiger partial charge in [-0.05, 0) is 35.9 Å². The average Bonchev–Trinajstić information content (AvgIpc) is 2.68. The zero-order valence-corrected chi connectivity index (χ0v) is 13.9. The average molecular weight is 346 g/mol. The third-order valence-electron chi connectivity index (χ3n) is 3.86. The fourth-order valence-electron chi connectivity index (χ4n) is 2.51. The van der Waals surface area contributed by atoms with Crippen molar-refractivity contribution in [1.82, 2.24) is 9.97 Å². The van der Waals surface area contributed by atoms with Crippen LogP contribution in [0.25, 0.3) is 22.1 Å². The second-order valence-electron chi connectivity index (χ2n) is 5.54. The van der Waals surface area contributed by atoms with Crippen molar-refractivity contribution in [3.05, 3.63) is 77.4 Å². The number of hydrogen-bond donors (Lipinski definition) is 0. The van der Waals surface area contributed by atoms with Crippen molar-refractivity contribution < 1.29 is 13.9 Å². The Hall–Kier alpha value is -3.67. The molecule has 0 spiro atoms. The van der Waals surface area contributed by atoms with E-state index in [0.29, 0.717) is 11.3 Å². The van der Waals surface area contributed by atoms with Gasteiger partial charge in [0.2, 0.25) is 0 Å². The van der Waals surface area contributed by atoms with Gasteiger partial charge in [0.05, 0.1) is 7.11 Å². The molecule has 2 heterocycles. The van der Waals surface area contributed by atoms with E-state index in [1.165, 1.54) is 6.07 Å². The van der Waals surface area contributed by atoms with Crippen LogP contribution in [0.5, 0.6) is 17.5 Å². The smallest absolute Gasteiger partial charge is 0.336 e. The molecule has 0 N–H and O–H groups in total. The zero-order chi connectivity index (χ0) is 17.9. The van der Waals surface area contributed by atoms with Gasteiger partial charge in [0, 0.05) is 35.5 Å². The molecule has 0 saturated carbocycles. The molecule has 0 unspecified atom stereocenters. The van der Waals surface area contributed by atoms with Crippen molar-refractivity contribution in [1.29, 1.82) is 0 Å². The summed E-state index contributed by atoms with van der Waals surface area (Å²) in [6.07, 6.45) is 3.37. The first-order valence-electron chi connectivity index (χ1n) is 7.89. The second kappa shape index (κ2) is 6.68. The van der Waals surface area contributed by atoms with Crippen molar-refractivity contribution in [3.8, 4) is 28.6 Å². The van der Waals surface area contributed by atoms with Crippen LogP contribution in [0.15, 0.2) is 76.2 Å². The quantitative estimate of drug-likeness (QED) is 0.519. The van der Waals surface area contributed by atoms with Gasteiger partial charge in [0.1, 0.15) is 17.1 Å². The molecule has 128 valence electrons. The maximum atomic E-state index is 11.3. The topological polar surface area (TPSA) is 74.5 Å². The van der Waals surface area contributed by atoms with E-state index >= 15 is 0 Å². The summed E-state index contributed by atoms with van der Waals surface area (Å²) in [7, 11) is 1.63. The van der Waals surface area contributed by atoms with E-state index in [4.69, 9.17) is 13.9 Å². The van der Waals surface area contributed by atoms with E-state index in [1.807, 2.05) is 24.3 Å². The third kappa shape index (κ3) is 3.25. The Morgan fingerprint density at radius 3 is 2.27 bits per heavy atom. The number of methoxy groups -OCH3 is 1. The highest BCUT2D eigenvalue weighted by molar-refractivity contribution is 5.77. The summed E-state index contributed by atoms with van der Waals surface area (Å²) in [6, 6.07) is 16.1. The fourth-order valence-corrected chi connectivity index (χ4v) is 2.51. The van der Waals surface area contributed by atoms with Gasteiger partial charge < -0.3 is 13.9 Å². The highest BCUT2D eigenvalue weighted by Crippen LogP contribution is 2.25. The highest BCUT2D eigenvalue weighted by atomic mass is 16.5. The molecule has 2 aromatic heterocycles. The number of hydrogen-bond acceptors (Lipinski definition) is 6. The lowest BCUT2D eigenvalue weighted by Crippen LogP contribution is -1.95. The molecule has 0 aliphatic heterocycles. The molecule has 0 saturated heterocycles. The van der Waals surface area contributed by atoms with Gasteiger partial charge in [-0.3, -0.25) is 0 Å². The first-order chi connectivity index (χ1) is 12.7. The predicted octanol–water partition coefficient (Wildman–Crippen LogP) is 4.05. The van der Waals surface area contributed by atoms with Crippen molar-refractivity contribution in [2.24, 2.45) is 0 Å². The Labute approximate surface area is 148 Å². The van der Waals surface area contributed by atoms with E-state index in [2.05, 4.69) is 9.97 Å². The van der Waals surface area contributed by atoms with Crippen LogP contribution in [0.4, 0.5) is 0 Å². The minimum atomic E-state index is -0.408. The van der Waals surface area contributed by atoms with Crippen LogP contribution < -0.4 is 15.1 Å². The lowest BCUT2D eigenvalue weighted by atomic mass is 10.1. The summed E-state index contributed by atoms with van der Waals surface area (Å²) in [5, 5.41) is 0.813. The van der Waals surface area contributed by atoms with E-state index < -0.39 is 5.63 Å². The van der Waals surface area contributed by atoms with Gasteiger partial charge in [0.15, 0.2) is 0 Å². The summed E-state index contributed by atoms with van der Waals surface area (Å²) in [5.74, 6) is 1.28. The Bertz CT molecular complexity index is 1100. The van der Waals surface area contributed by atoms with Crippen LogP contribution in [-0.2, 0) is 0 Å². The van der Waals surface area contributed by atoms with Gasteiger partial charge in [-0.15, -0.1) is 0 Å². The van der Waals surface area contributed by atoms with Crippen LogP contribution in [0.3, 0.4) is 0 Å². The highest BCUT2D eigenvalue weighted by Gasteiger charge is 2.05. The Morgan fingerprint density at radius 2 is 1.54 bits per heavy atom. The van der Waals surface area contributed by atoms with E-state index in [-0.39, 0.29) is 6.01 Å².